The van der Waals surface area contributed by atoms with Gasteiger partial charge in [0.05, 0.1) is 0 Å². The largest absolute Gasteiger partial charge is 0.251 e. The molecule has 0 bridgehead atoms. The Morgan fingerprint density at radius 3 is 2.18 bits per heavy atom. The van der Waals surface area contributed by atoms with Crippen LogP contribution >= 0.6 is 0 Å². The predicted molar refractivity (Wildman–Crippen MR) is 44.4 cm³/mol. The Morgan fingerprint density at radius 2 is 1.82 bits per heavy atom. The van der Waals surface area contributed by atoms with Crippen LogP contribution in [0.2, 0.25) is 0 Å². The van der Waals surface area contributed by atoms with Crippen LogP contribution in [-0.4, -0.2) is 10.9 Å². The first-order valence-electron chi connectivity index (χ1n) is 4.30. The SMILES string of the molecule is CC1(C)CCCC(C)(OO)C1. The molecule has 1 unspecified atom stereocenters. The zero-order chi connectivity index (χ0) is 8.54. The van der Waals surface area contributed by atoms with Gasteiger partial charge in [-0.3, -0.25) is 5.26 Å². The fraction of sp³-hybridized carbons (Fsp3) is 1.00. The van der Waals surface area contributed by atoms with Gasteiger partial charge >= 0.3 is 0 Å². The zero-order valence-corrected chi connectivity index (χ0v) is 7.68. The minimum Gasteiger partial charge on any atom is -0.251 e. The Labute approximate surface area is 68.5 Å². The van der Waals surface area contributed by atoms with Crippen LogP contribution in [0.5, 0.6) is 0 Å². The van der Waals surface area contributed by atoms with Crippen molar-refractivity contribution in [1.29, 1.82) is 0 Å². The maximum Gasteiger partial charge on any atom is 0.101 e. The summed E-state index contributed by atoms with van der Waals surface area (Å²) in [7, 11) is 0. The van der Waals surface area contributed by atoms with Crippen molar-refractivity contribution in [1.82, 2.24) is 0 Å². The lowest BCUT2D eigenvalue weighted by Gasteiger charge is -2.40. The molecule has 1 fully saturated rings. The number of hydrogen-bond donors (Lipinski definition) is 1. The van der Waals surface area contributed by atoms with Crippen LogP contribution in [0, 0.1) is 5.41 Å². The molecule has 0 amide bonds. The Hall–Kier alpha value is -0.0800. The fourth-order valence-electron chi connectivity index (χ4n) is 2.21. The zero-order valence-electron chi connectivity index (χ0n) is 7.68. The van der Waals surface area contributed by atoms with Crippen LogP contribution in [0.4, 0.5) is 0 Å². The van der Waals surface area contributed by atoms with Crippen LogP contribution < -0.4 is 0 Å². The molecule has 2 nitrogen and oxygen atoms in total. The summed E-state index contributed by atoms with van der Waals surface area (Å²) in [4.78, 5) is 4.51. The second-order valence-corrected chi connectivity index (χ2v) is 4.74. The Kier molecular flexibility index (Phi) is 2.26. The lowest BCUT2D eigenvalue weighted by Crippen LogP contribution is -2.37. The van der Waals surface area contributed by atoms with E-state index in [1.165, 1.54) is 6.42 Å². The molecule has 1 atom stereocenters. The molecule has 0 spiro atoms. The summed E-state index contributed by atoms with van der Waals surface area (Å²) in [6.07, 6.45) is 4.33. The van der Waals surface area contributed by atoms with Crippen molar-refractivity contribution in [2.45, 2.75) is 52.1 Å². The molecule has 1 aliphatic rings. The molecule has 1 rings (SSSR count). The Morgan fingerprint density at radius 1 is 1.18 bits per heavy atom. The smallest absolute Gasteiger partial charge is 0.101 e. The highest BCUT2D eigenvalue weighted by molar-refractivity contribution is 4.87. The maximum atomic E-state index is 8.68. The van der Waals surface area contributed by atoms with Crippen LogP contribution in [0.25, 0.3) is 0 Å². The molecule has 0 saturated heterocycles. The van der Waals surface area contributed by atoms with Gasteiger partial charge in [-0.2, -0.15) is 0 Å². The minimum absolute atomic E-state index is 0.290. The summed E-state index contributed by atoms with van der Waals surface area (Å²) in [6.45, 7) is 6.43. The highest BCUT2D eigenvalue weighted by atomic mass is 17.1. The first-order chi connectivity index (χ1) is 4.97. The summed E-state index contributed by atoms with van der Waals surface area (Å²) in [5.74, 6) is 0. The summed E-state index contributed by atoms with van der Waals surface area (Å²) in [6, 6.07) is 0. The van der Waals surface area contributed by atoms with Crippen molar-refractivity contribution >= 4 is 0 Å². The van der Waals surface area contributed by atoms with Crippen LogP contribution in [0.1, 0.15) is 46.5 Å². The van der Waals surface area contributed by atoms with Gasteiger partial charge in [0.1, 0.15) is 5.60 Å². The van der Waals surface area contributed by atoms with Gasteiger partial charge < -0.3 is 0 Å². The number of rotatable bonds is 1. The van der Waals surface area contributed by atoms with E-state index in [9.17, 15) is 0 Å². The minimum atomic E-state index is -0.290. The van der Waals surface area contributed by atoms with E-state index in [4.69, 9.17) is 5.26 Å². The lowest BCUT2D eigenvalue weighted by atomic mass is 9.70. The average molecular weight is 158 g/mol. The molecule has 1 aliphatic carbocycles. The van der Waals surface area contributed by atoms with Crippen molar-refractivity contribution in [3.8, 4) is 0 Å². The van der Waals surface area contributed by atoms with E-state index < -0.39 is 0 Å². The van der Waals surface area contributed by atoms with Gasteiger partial charge in [0.25, 0.3) is 0 Å². The summed E-state index contributed by atoms with van der Waals surface area (Å²) in [5, 5.41) is 8.68. The van der Waals surface area contributed by atoms with Gasteiger partial charge in [-0.25, -0.2) is 4.89 Å². The van der Waals surface area contributed by atoms with E-state index in [2.05, 4.69) is 18.7 Å². The molecular formula is C9H18O2. The standard InChI is InChI=1S/C9H18O2/c1-8(2)5-4-6-9(3,7-8)11-10/h10H,4-7H2,1-3H3. The Balaban J connectivity index is 2.59. The van der Waals surface area contributed by atoms with E-state index in [1.54, 1.807) is 0 Å². The van der Waals surface area contributed by atoms with Crippen molar-refractivity contribution in [2.24, 2.45) is 5.41 Å². The van der Waals surface area contributed by atoms with E-state index >= 15 is 0 Å². The van der Waals surface area contributed by atoms with Gasteiger partial charge in [-0.1, -0.05) is 13.8 Å². The third kappa shape index (κ3) is 2.17. The average Bonchev–Trinajstić information content (AvgIpc) is 1.85. The lowest BCUT2D eigenvalue weighted by molar-refractivity contribution is -0.331. The molecule has 66 valence electrons. The second-order valence-electron chi connectivity index (χ2n) is 4.74. The van der Waals surface area contributed by atoms with E-state index in [1.807, 2.05) is 6.92 Å². The highest BCUT2D eigenvalue weighted by Gasteiger charge is 2.37. The molecule has 0 aromatic rings. The summed E-state index contributed by atoms with van der Waals surface area (Å²) in [5.41, 5.74) is 0.0392. The molecule has 0 aromatic heterocycles. The third-order valence-electron chi connectivity index (χ3n) is 2.63. The monoisotopic (exact) mass is 158 g/mol. The molecular weight excluding hydrogens is 140 g/mol. The molecule has 0 radical (unpaired) electrons. The quantitative estimate of drug-likeness (QED) is 0.469. The van der Waals surface area contributed by atoms with Gasteiger partial charge in [0, 0.05) is 0 Å². The molecule has 0 heterocycles. The summed E-state index contributed by atoms with van der Waals surface area (Å²) < 4.78 is 0. The number of hydrogen-bond acceptors (Lipinski definition) is 2. The van der Waals surface area contributed by atoms with Gasteiger partial charge in [0.15, 0.2) is 0 Å². The molecule has 2 heteroatoms. The van der Waals surface area contributed by atoms with E-state index in [0.29, 0.717) is 5.41 Å². The third-order valence-corrected chi connectivity index (χ3v) is 2.63. The molecule has 11 heavy (non-hydrogen) atoms. The fourth-order valence-corrected chi connectivity index (χ4v) is 2.21. The first kappa shape index (κ1) is 9.01. The van der Waals surface area contributed by atoms with Crippen molar-refractivity contribution < 1.29 is 10.1 Å². The second kappa shape index (κ2) is 2.76. The molecule has 1 N–H and O–H groups in total. The normalized spacial score (nSPS) is 37.1. The predicted octanol–water partition coefficient (Wildman–Crippen LogP) is 2.83. The van der Waals surface area contributed by atoms with E-state index in [0.717, 1.165) is 19.3 Å². The molecule has 0 aliphatic heterocycles. The topological polar surface area (TPSA) is 29.5 Å². The van der Waals surface area contributed by atoms with Crippen LogP contribution in [-0.2, 0) is 4.89 Å². The molecule has 1 saturated carbocycles. The van der Waals surface area contributed by atoms with Crippen molar-refractivity contribution in [3.05, 3.63) is 0 Å². The van der Waals surface area contributed by atoms with Gasteiger partial charge in [-0.15, -0.1) is 0 Å². The van der Waals surface area contributed by atoms with Gasteiger partial charge in [-0.05, 0) is 38.0 Å². The van der Waals surface area contributed by atoms with Crippen molar-refractivity contribution in [3.63, 3.8) is 0 Å². The van der Waals surface area contributed by atoms with Crippen LogP contribution in [0.15, 0.2) is 0 Å². The van der Waals surface area contributed by atoms with E-state index in [-0.39, 0.29) is 5.60 Å². The first-order valence-corrected chi connectivity index (χ1v) is 4.30. The van der Waals surface area contributed by atoms with Crippen molar-refractivity contribution in [2.75, 3.05) is 0 Å². The van der Waals surface area contributed by atoms with Crippen LogP contribution in [0.3, 0.4) is 0 Å². The molecule has 0 aromatic carbocycles. The highest BCUT2D eigenvalue weighted by Crippen LogP contribution is 2.42. The van der Waals surface area contributed by atoms with Gasteiger partial charge in [0.2, 0.25) is 0 Å². The Bertz CT molecular complexity index is 142. The summed E-state index contributed by atoms with van der Waals surface area (Å²) >= 11 is 0. The maximum absolute atomic E-state index is 8.68.